The average Bonchev–Trinajstić information content (AvgIpc) is 3.09. The zero-order valence-electron chi connectivity index (χ0n) is 24.5. The fourth-order valence-electron chi connectivity index (χ4n) is 7.60. The molecule has 1 spiro atoms. The molecule has 6 rings (SSSR count). The molecule has 43 heavy (non-hydrogen) atoms. The molecule has 2 aliphatic carbocycles. The molecule has 6 atom stereocenters. The van der Waals surface area contributed by atoms with E-state index in [0.29, 0.717) is 37.2 Å². The van der Waals surface area contributed by atoms with Gasteiger partial charge in [0.05, 0.1) is 49.0 Å². The van der Waals surface area contributed by atoms with Crippen LogP contribution in [-0.4, -0.2) is 70.4 Å². The van der Waals surface area contributed by atoms with E-state index < -0.39 is 16.0 Å². The number of halogens is 1. The van der Waals surface area contributed by atoms with Crippen molar-refractivity contribution in [1.29, 1.82) is 0 Å². The normalized spacial score (nSPS) is 30.5. The Labute approximate surface area is 258 Å². The van der Waals surface area contributed by atoms with Crippen molar-refractivity contribution >= 4 is 33.3 Å². The van der Waals surface area contributed by atoms with Gasteiger partial charge in [0.1, 0.15) is 5.75 Å². The zero-order chi connectivity index (χ0) is 30.4. The van der Waals surface area contributed by atoms with Crippen molar-refractivity contribution in [2.45, 2.75) is 63.1 Å². The first-order valence-corrected chi connectivity index (χ1v) is 17.4. The Hall–Kier alpha value is -2.37. The summed E-state index contributed by atoms with van der Waals surface area (Å²) in [6.45, 7) is 4.73. The summed E-state index contributed by atoms with van der Waals surface area (Å²) in [6.07, 6.45) is 5.76. The van der Waals surface area contributed by atoms with E-state index in [1.54, 1.807) is 18.2 Å². The van der Waals surface area contributed by atoms with Crippen molar-refractivity contribution in [3.8, 4) is 5.75 Å². The molecule has 4 aliphatic rings. The van der Waals surface area contributed by atoms with Crippen LogP contribution in [0.5, 0.6) is 5.75 Å². The smallest absolute Gasteiger partial charge is 0.335 e. The second-order valence-corrected chi connectivity index (χ2v) is 15.1. The van der Waals surface area contributed by atoms with Crippen molar-refractivity contribution in [2.24, 2.45) is 22.9 Å². The zero-order valence-corrected chi connectivity index (χ0v) is 26.1. The summed E-state index contributed by atoms with van der Waals surface area (Å²) in [6, 6.07) is 11.4. The number of rotatable bonds is 8. The molecule has 1 saturated carbocycles. The van der Waals surface area contributed by atoms with Crippen molar-refractivity contribution in [1.82, 2.24) is 0 Å². The van der Waals surface area contributed by atoms with Gasteiger partial charge in [0, 0.05) is 35.9 Å². The predicted octanol–water partition coefficient (Wildman–Crippen LogP) is 4.64. The summed E-state index contributed by atoms with van der Waals surface area (Å²) in [5.74, 6) is 0.413. The van der Waals surface area contributed by atoms with Gasteiger partial charge in [-0.15, -0.1) is 0 Å². The number of aryl methyl sites for hydroxylation is 1. The van der Waals surface area contributed by atoms with E-state index in [1.807, 2.05) is 6.07 Å². The average molecular weight is 633 g/mol. The van der Waals surface area contributed by atoms with Crippen LogP contribution in [0.4, 0.5) is 5.69 Å². The Kier molecular flexibility index (Phi) is 8.69. The summed E-state index contributed by atoms with van der Waals surface area (Å²) in [4.78, 5) is 14.3. The van der Waals surface area contributed by atoms with Gasteiger partial charge in [0.15, 0.2) is 0 Å². The minimum atomic E-state index is -3.57. The number of fused-ring (bicyclic) bond motifs is 3. The Bertz CT molecular complexity index is 1470. The number of carbonyl (C=O) groups is 1. The molecule has 1 saturated heterocycles. The third-order valence-electron chi connectivity index (χ3n) is 10.1. The molecule has 0 radical (unpaired) electrons. The lowest BCUT2D eigenvalue weighted by Gasteiger charge is -2.48. The summed E-state index contributed by atoms with van der Waals surface area (Å²) in [5.41, 5.74) is 3.37. The van der Waals surface area contributed by atoms with Gasteiger partial charge in [0.25, 0.3) is 0 Å². The maximum Gasteiger partial charge on any atom is 0.335 e. The standard InChI is InChI=1S/C32H41ClN2O7S/c1-20-17-41-30(15-29(20)40-11-12-43(34,38)39)25-7-4-23(25)16-35-18-32(10-2-3-21-13-24(33)6-8-26(21)32)19-42-28-9-5-22(31(36)37)14-27(28)35/h5-6,8-9,13-14,20,23,25,29-30H,2-4,7,10-12,15-19H2,1H3,(H,36,37)(H2,34,38,39)/t20-,23-,25+,29+,30+,32-/m0/s1. The van der Waals surface area contributed by atoms with Crippen molar-refractivity contribution in [3.05, 3.63) is 58.1 Å². The largest absolute Gasteiger partial charge is 0.490 e. The van der Waals surface area contributed by atoms with E-state index in [9.17, 15) is 18.3 Å². The van der Waals surface area contributed by atoms with Crippen molar-refractivity contribution in [3.63, 3.8) is 0 Å². The van der Waals surface area contributed by atoms with Gasteiger partial charge in [-0.2, -0.15) is 0 Å². The third kappa shape index (κ3) is 6.54. The minimum absolute atomic E-state index is 0.0222. The molecular weight excluding hydrogens is 592 g/mol. The number of carboxylic acids is 1. The van der Waals surface area contributed by atoms with Crippen LogP contribution in [-0.2, 0) is 31.3 Å². The van der Waals surface area contributed by atoms with Gasteiger partial charge in [-0.25, -0.2) is 18.4 Å². The Morgan fingerprint density at radius 3 is 2.81 bits per heavy atom. The molecule has 2 aromatic carbocycles. The first-order valence-electron chi connectivity index (χ1n) is 15.3. The molecule has 0 aromatic heterocycles. The number of nitrogens with zero attached hydrogens (tertiary/aromatic N) is 1. The molecule has 9 nitrogen and oxygen atoms in total. The van der Waals surface area contributed by atoms with Crippen LogP contribution in [0, 0.1) is 17.8 Å². The minimum Gasteiger partial charge on any atom is -0.490 e. The molecular formula is C32H41ClN2O7S. The number of nitrogens with two attached hydrogens (primary N) is 1. The third-order valence-corrected chi connectivity index (χ3v) is 11.0. The highest BCUT2D eigenvalue weighted by molar-refractivity contribution is 7.89. The van der Waals surface area contributed by atoms with E-state index in [-0.39, 0.29) is 41.5 Å². The summed E-state index contributed by atoms with van der Waals surface area (Å²) in [7, 11) is -3.57. The van der Waals surface area contributed by atoms with E-state index in [4.69, 9.17) is 31.0 Å². The van der Waals surface area contributed by atoms with E-state index in [2.05, 4.69) is 24.0 Å². The molecule has 0 bridgehead atoms. The second-order valence-electron chi connectivity index (χ2n) is 13.0. The number of ether oxygens (including phenoxy) is 3. The molecule has 11 heteroatoms. The molecule has 234 valence electrons. The maximum absolute atomic E-state index is 12.0. The lowest BCUT2D eigenvalue weighted by molar-refractivity contribution is -0.139. The Morgan fingerprint density at radius 2 is 2.07 bits per heavy atom. The number of anilines is 1. The van der Waals surface area contributed by atoms with Gasteiger partial charge in [-0.1, -0.05) is 24.6 Å². The molecule has 3 N–H and O–H groups in total. The first-order chi connectivity index (χ1) is 20.5. The molecule has 2 aromatic rings. The van der Waals surface area contributed by atoms with Gasteiger partial charge < -0.3 is 24.2 Å². The van der Waals surface area contributed by atoms with Crippen LogP contribution < -0.4 is 14.8 Å². The highest BCUT2D eigenvalue weighted by Crippen LogP contribution is 2.47. The summed E-state index contributed by atoms with van der Waals surface area (Å²) >= 11 is 6.39. The van der Waals surface area contributed by atoms with Crippen LogP contribution in [0.2, 0.25) is 5.02 Å². The van der Waals surface area contributed by atoms with Crippen LogP contribution in [0.25, 0.3) is 0 Å². The summed E-state index contributed by atoms with van der Waals surface area (Å²) in [5, 5.41) is 15.7. The van der Waals surface area contributed by atoms with Gasteiger partial charge in [-0.05, 0) is 85.4 Å². The fourth-order valence-corrected chi connectivity index (χ4v) is 8.12. The number of carboxylic acid groups (broad SMARTS) is 1. The molecule has 2 aliphatic heterocycles. The lowest BCUT2D eigenvalue weighted by atomic mass is 9.67. The topological polar surface area (TPSA) is 128 Å². The lowest BCUT2D eigenvalue weighted by Crippen LogP contribution is -2.51. The van der Waals surface area contributed by atoms with Gasteiger partial charge in [-0.3, -0.25) is 0 Å². The Balaban J connectivity index is 1.24. The SMILES string of the molecule is C[C@H]1CO[C@@H]([C@@H]2CC[C@H]2CN2C[C@@]3(CCCc4cc(Cl)ccc43)COc3ccc(C(=O)O)cc32)C[C@H]1OCCS(N)(=O)=O. The van der Waals surface area contributed by atoms with Crippen LogP contribution in [0.1, 0.15) is 60.5 Å². The Morgan fingerprint density at radius 1 is 1.23 bits per heavy atom. The second kappa shape index (κ2) is 12.2. The monoisotopic (exact) mass is 632 g/mol. The first kappa shape index (κ1) is 30.6. The fraction of sp³-hybridized carbons (Fsp3) is 0.594. The van der Waals surface area contributed by atoms with E-state index in [0.717, 1.165) is 55.9 Å². The van der Waals surface area contributed by atoms with Gasteiger partial charge in [0.2, 0.25) is 10.0 Å². The number of hydrogen-bond donors (Lipinski definition) is 2. The molecule has 0 unspecified atom stereocenters. The van der Waals surface area contributed by atoms with Crippen molar-refractivity contribution in [2.75, 3.05) is 43.6 Å². The van der Waals surface area contributed by atoms with E-state index >= 15 is 0 Å². The number of hydrogen-bond acceptors (Lipinski definition) is 7. The number of aromatic carboxylic acids is 1. The number of benzene rings is 2. The number of sulfonamides is 1. The highest BCUT2D eigenvalue weighted by Gasteiger charge is 2.46. The van der Waals surface area contributed by atoms with Crippen LogP contribution >= 0.6 is 11.6 Å². The van der Waals surface area contributed by atoms with Crippen LogP contribution in [0.3, 0.4) is 0 Å². The molecule has 2 fully saturated rings. The van der Waals surface area contributed by atoms with Crippen molar-refractivity contribution < 1.29 is 32.5 Å². The number of primary sulfonamides is 1. The van der Waals surface area contributed by atoms with Gasteiger partial charge >= 0.3 is 5.97 Å². The highest BCUT2D eigenvalue weighted by atomic mass is 35.5. The summed E-state index contributed by atoms with van der Waals surface area (Å²) < 4.78 is 41.6. The quantitative estimate of drug-likeness (QED) is 0.431. The predicted molar refractivity (Wildman–Crippen MR) is 165 cm³/mol. The maximum atomic E-state index is 12.0. The van der Waals surface area contributed by atoms with Crippen LogP contribution in [0.15, 0.2) is 36.4 Å². The van der Waals surface area contributed by atoms with E-state index in [1.165, 1.54) is 11.1 Å². The molecule has 0 amide bonds. The molecule has 2 heterocycles.